The molecule has 0 bridgehead atoms. The largest absolute Gasteiger partial charge is 0.497 e. The summed E-state index contributed by atoms with van der Waals surface area (Å²) in [6, 6.07) is 10.2. The van der Waals surface area contributed by atoms with Gasteiger partial charge >= 0.3 is 0 Å². The van der Waals surface area contributed by atoms with Gasteiger partial charge in [-0.15, -0.1) is 0 Å². The normalized spacial score (nSPS) is 11.3. The SMILES string of the molecule is COc1ccc2c(c1)c(C=CCc1ccncc1)cn2C. The van der Waals surface area contributed by atoms with Crippen LogP contribution in [0.4, 0.5) is 0 Å². The average molecular weight is 278 g/mol. The second-order valence-corrected chi connectivity index (χ2v) is 5.04. The molecular formula is C18H18N2O. The standard InChI is InChI=1S/C18H18N2O/c1-20-13-15(5-3-4-14-8-10-19-11-9-14)17-12-16(21-2)6-7-18(17)20/h3,5-13H,4H2,1-2H3. The molecular weight excluding hydrogens is 260 g/mol. The van der Waals surface area contributed by atoms with Crippen LogP contribution in [0.5, 0.6) is 5.75 Å². The molecule has 0 N–H and O–H groups in total. The third-order valence-corrected chi connectivity index (χ3v) is 3.63. The first kappa shape index (κ1) is 13.4. The van der Waals surface area contributed by atoms with Crippen molar-refractivity contribution in [3.05, 3.63) is 66.1 Å². The Labute approximate surface area is 124 Å². The molecule has 0 saturated carbocycles. The van der Waals surface area contributed by atoms with E-state index < -0.39 is 0 Å². The topological polar surface area (TPSA) is 27.1 Å². The zero-order chi connectivity index (χ0) is 14.7. The van der Waals surface area contributed by atoms with Gasteiger partial charge in [0.05, 0.1) is 7.11 Å². The van der Waals surface area contributed by atoms with Crippen LogP contribution in [0, 0.1) is 0 Å². The highest BCUT2D eigenvalue weighted by Crippen LogP contribution is 2.26. The highest BCUT2D eigenvalue weighted by molar-refractivity contribution is 5.90. The van der Waals surface area contributed by atoms with E-state index in [1.54, 1.807) is 7.11 Å². The predicted octanol–water partition coefficient (Wildman–Crippen LogP) is 3.84. The summed E-state index contributed by atoms with van der Waals surface area (Å²) in [4.78, 5) is 4.03. The number of rotatable bonds is 4. The smallest absolute Gasteiger partial charge is 0.119 e. The third kappa shape index (κ3) is 2.82. The van der Waals surface area contributed by atoms with Gasteiger partial charge < -0.3 is 9.30 Å². The second kappa shape index (κ2) is 5.83. The molecule has 0 radical (unpaired) electrons. The summed E-state index contributed by atoms with van der Waals surface area (Å²) in [6.45, 7) is 0. The Bertz CT molecular complexity index is 773. The summed E-state index contributed by atoms with van der Waals surface area (Å²) in [5.41, 5.74) is 3.68. The number of aryl methyl sites for hydroxylation is 1. The molecule has 106 valence electrons. The lowest BCUT2D eigenvalue weighted by molar-refractivity contribution is 0.415. The lowest BCUT2D eigenvalue weighted by Crippen LogP contribution is -1.84. The first-order chi connectivity index (χ1) is 10.3. The molecule has 0 aliphatic heterocycles. The van der Waals surface area contributed by atoms with Crippen LogP contribution in [0.25, 0.3) is 17.0 Å². The van der Waals surface area contributed by atoms with Gasteiger partial charge in [-0.3, -0.25) is 4.98 Å². The molecule has 0 spiro atoms. The van der Waals surface area contributed by atoms with E-state index in [2.05, 4.69) is 47.1 Å². The molecule has 2 aromatic heterocycles. The summed E-state index contributed by atoms with van der Waals surface area (Å²) in [7, 11) is 3.76. The number of fused-ring (bicyclic) bond motifs is 1. The van der Waals surface area contributed by atoms with E-state index in [1.807, 2.05) is 30.6 Å². The van der Waals surface area contributed by atoms with Crippen molar-refractivity contribution in [2.75, 3.05) is 7.11 Å². The number of pyridine rings is 1. The number of ether oxygens (including phenoxy) is 1. The monoisotopic (exact) mass is 278 g/mol. The zero-order valence-electron chi connectivity index (χ0n) is 12.3. The summed E-state index contributed by atoms with van der Waals surface area (Å²) < 4.78 is 7.46. The minimum absolute atomic E-state index is 0.887. The Kier molecular flexibility index (Phi) is 3.73. The maximum absolute atomic E-state index is 5.32. The van der Waals surface area contributed by atoms with Crippen molar-refractivity contribution in [1.82, 2.24) is 9.55 Å². The fourth-order valence-electron chi connectivity index (χ4n) is 2.50. The van der Waals surface area contributed by atoms with Crippen LogP contribution >= 0.6 is 0 Å². The summed E-state index contributed by atoms with van der Waals surface area (Å²) in [5.74, 6) is 0.887. The zero-order valence-corrected chi connectivity index (χ0v) is 12.3. The molecule has 21 heavy (non-hydrogen) atoms. The van der Waals surface area contributed by atoms with Crippen molar-refractivity contribution in [3.8, 4) is 5.75 Å². The molecule has 0 aliphatic rings. The maximum atomic E-state index is 5.32. The van der Waals surface area contributed by atoms with Crippen molar-refractivity contribution in [2.45, 2.75) is 6.42 Å². The van der Waals surface area contributed by atoms with Gasteiger partial charge in [-0.25, -0.2) is 0 Å². The van der Waals surface area contributed by atoms with Crippen molar-refractivity contribution in [3.63, 3.8) is 0 Å². The Morgan fingerprint density at radius 3 is 2.76 bits per heavy atom. The number of hydrogen-bond acceptors (Lipinski definition) is 2. The van der Waals surface area contributed by atoms with Crippen LogP contribution in [0.3, 0.4) is 0 Å². The van der Waals surface area contributed by atoms with Crippen molar-refractivity contribution in [1.29, 1.82) is 0 Å². The molecule has 0 amide bonds. The van der Waals surface area contributed by atoms with E-state index in [0.717, 1.165) is 12.2 Å². The minimum atomic E-state index is 0.887. The molecule has 3 aromatic rings. The Hall–Kier alpha value is -2.55. The number of methoxy groups -OCH3 is 1. The van der Waals surface area contributed by atoms with E-state index in [1.165, 1.54) is 22.0 Å². The van der Waals surface area contributed by atoms with Crippen LogP contribution in [0.1, 0.15) is 11.1 Å². The van der Waals surface area contributed by atoms with E-state index >= 15 is 0 Å². The lowest BCUT2D eigenvalue weighted by Gasteiger charge is -2.00. The van der Waals surface area contributed by atoms with E-state index in [4.69, 9.17) is 4.74 Å². The number of allylic oxidation sites excluding steroid dienone is 1. The molecule has 0 saturated heterocycles. The molecule has 0 fully saturated rings. The summed E-state index contributed by atoms with van der Waals surface area (Å²) in [5, 5.41) is 1.21. The molecule has 3 nitrogen and oxygen atoms in total. The molecule has 0 unspecified atom stereocenters. The van der Waals surface area contributed by atoms with Crippen LogP contribution in [-0.4, -0.2) is 16.7 Å². The number of aromatic nitrogens is 2. The summed E-state index contributed by atoms with van der Waals surface area (Å²) >= 11 is 0. The molecule has 1 aromatic carbocycles. The summed E-state index contributed by atoms with van der Waals surface area (Å²) in [6.07, 6.45) is 11.1. The first-order valence-electron chi connectivity index (χ1n) is 6.96. The second-order valence-electron chi connectivity index (χ2n) is 5.04. The van der Waals surface area contributed by atoms with Crippen LogP contribution in [-0.2, 0) is 13.5 Å². The van der Waals surface area contributed by atoms with Crippen LogP contribution < -0.4 is 4.74 Å². The molecule has 0 aliphatic carbocycles. The van der Waals surface area contributed by atoms with Crippen LogP contribution in [0.2, 0.25) is 0 Å². The fraction of sp³-hybridized carbons (Fsp3) is 0.167. The fourth-order valence-corrected chi connectivity index (χ4v) is 2.50. The number of nitrogens with zero attached hydrogens (tertiary/aromatic N) is 2. The van der Waals surface area contributed by atoms with Gasteiger partial charge in [0.25, 0.3) is 0 Å². The molecule has 0 atom stereocenters. The lowest BCUT2D eigenvalue weighted by atomic mass is 10.1. The van der Waals surface area contributed by atoms with E-state index in [-0.39, 0.29) is 0 Å². The van der Waals surface area contributed by atoms with Gasteiger partial charge in [0.1, 0.15) is 5.75 Å². The maximum Gasteiger partial charge on any atom is 0.119 e. The predicted molar refractivity (Wildman–Crippen MR) is 86.4 cm³/mol. The minimum Gasteiger partial charge on any atom is -0.497 e. The average Bonchev–Trinajstić information content (AvgIpc) is 2.84. The van der Waals surface area contributed by atoms with Crippen molar-refractivity contribution >= 4 is 17.0 Å². The Morgan fingerprint density at radius 2 is 2.00 bits per heavy atom. The Balaban J connectivity index is 1.89. The van der Waals surface area contributed by atoms with Gasteiger partial charge in [0, 0.05) is 36.5 Å². The highest BCUT2D eigenvalue weighted by atomic mass is 16.5. The highest BCUT2D eigenvalue weighted by Gasteiger charge is 2.05. The van der Waals surface area contributed by atoms with Gasteiger partial charge in [0.2, 0.25) is 0 Å². The van der Waals surface area contributed by atoms with Crippen LogP contribution in [0.15, 0.2) is 55.0 Å². The molecule has 3 heteroatoms. The van der Waals surface area contributed by atoms with E-state index in [0.29, 0.717) is 0 Å². The number of hydrogen-bond donors (Lipinski definition) is 0. The van der Waals surface area contributed by atoms with E-state index in [9.17, 15) is 0 Å². The van der Waals surface area contributed by atoms with Gasteiger partial charge in [0.15, 0.2) is 0 Å². The molecule has 3 rings (SSSR count). The Morgan fingerprint density at radius 1 is 1.19 bits per heavy atom. The first-order valence-corrected chi connectivity index (χ1v) is 6.96. The third-order valence-electron chi connectivity index (χ3n) is 3.63. The number of benzene rings is 1. The van der Waals surface area contributed by atoms with Gasteiger partial charge in [-0.1, -0.05) is 12.2 Å². The van der Waals surface area contributed by atoms with Gasteiger partial charge in [-0.05, 0) is 47.9 Å². The quantitative estimate of drug-likeness (QED) is 0.725. The van der Waals surface area contributed by atoms with Crippen molar-refractivity contribution in [2.24, 2.45) is 7.05 Å². The van der Waals surface area contributed by atoms with Crippen molar-refractivity contribution < 1.29 is 4.74 Å². The van der Waals surface area contributed by atoms with Gasteiger partial charge in [-0.2, -0.15) is 0 Å². The molecule has 2 heterocycles.